The predicted molar refractivity (Wildman–Crippen MR) is 75.5 cm³/mol. The van der Waals surface area contributed by atoms with E-state index < -0.39 is 5.60 Å². The van der Waals surface area contributed by atoms with E-state index in [0.29, 0.717) is 23.1 Å². The summed E-state index contributed by atoms with van der Waals surface area (Å²) < 4.78 is 5.56. The smallest absolute Gasteiger partial charge is 0.168 e. The first-order valence-electron chi connectivity index (χ1n) is 6.04. The normalized spacial score (nSPS) is 14.3. The molecule has 0 saturated heterocycles. The zero-order valence-corrected chi connectivity index (χ0v) is 12.4. The standard InChI is InChI=1S/C14H18Cl2O2/c1-4-14(3,18-5-2)12(17)9-10-7-6-8-11(15)13(10)16/h6-8H,4-5,9H2,1-3H3. The van der Waals surface area contributed by atoms with E-state index in [9.17, 15) is 4.79 Å². The number of hydrogen-bond acceptors (Lipinski definition) is 2. The van der Waals surface area contributed by atoms with Gasteiger partial charge < -0.3 is 4.74 Å². The second-order valence-electron chi connectivity index (χ2n) is 4.33. The third kappa shape index (κ3) is 3.47. The highest BCUT2D eigenvalue weighted by Crippen LogP contribution is 2.28. The minimum Gasteiger partial charge on any atom is -0.368 e. The van der Waals surface area contributed by atoms with E-state index in [1.54, 1.807) is 12.1 Å². The Kier molecular flexibility index (Phi) is 5.64. The second-order valence-corrected chi connectivity index (χ2v) is 5.12. The largest absolute Gasteiger partial charge is 0.368 e. The van der Waals surface area contributed by atoms with Gasteiger partial charge in [-0.2, -0.15) is 0 Å². The highest BCUT2D eigenvalue weighted by atomic mass is 35.5. The van der Waals surface area contributed by atoms with Crippen LogP contribution in [0, 0.1) is 0 Å². The fourth-order valence-electron chi connectivity index (χ4n) is 1.74. The molecule has 4 heteroatoms. The Labute approximate surface area is 118 Å². The molecule has 0 aliphatic rings. The van der Waals surface area contributed by atoms with E-state index in [0.717, 1.165) is 5.56 Å². The van der Waals surface area contributed by atoms with Gasteiger partial charge in [0.25, 0.3) is 0 Å². The van der Waals surface area contributed by atoms with Crippen LogP contribution in [0.5, 0.6) is 0 Å². The lowest BCUT2D eigenvalue weighted by atomic mass is 9.92. The topological polar surface area (TPSA) is 26.3 Å². The van der Waals surface area contributed by atoms with Crippen LogP contribution >= 0.6 is 23.2 Å². The van der Waals surface area contributed by atoms with Crippen LogP contribution in [0.4, 0.5) is 0 Å². The summed E-state index contributed by atoms with van der Waals surface area (Å²) in [5.74, 6) is 0.0241. The maximum atomic E-state index is 12.3. The molecule has 1 aromatic rings. The Morgan fingerprint density at radius 1 is 1.33 bits per heavy atom. The van der Waals surface area contributed by atoms with Crippen molar-refractivity contribution < 1.29 is 9.53 Å². The quantitative estimate of drug-likeness (QED) is 0.780. The molecule has 2 nitrogen and oxygen atoms in total. The Bertz CT molecular complexity index is 432. The van der Waals surface area contributed by atoms with Crippen molar-refractivity contribution in [3.05, 3.63) is 33.8 Å². The van der Waals surface area contributed by atoms with Gasteiger partial charge in [0.05, 0.1) is 10.0 Å². The van der Waals surface area contributed by atoms with Crippen LogP contribution in [0.3, 0.4) is 0 Å². The number of hydrogen-bond donors (Lipinski definition) is 0. The van der Waals surface area contributed by atoms with E-state index in [1.165, 1.54) is 0 Å². The van der Waals surface area contributed by atoms with Gasteiger partial charge in [-0.25, -0.2) is 0 Å². The molecule has 1 unspecified atom stereocenters. The van der Waals surface area contributed by atoms with E-state index >= 15 is 0 Å². The van der Waals surface area contributed by atoms with Crippen molar-refractivity contribution in [2.24, 2.45) is 0 Å². The summed E-state index contributed by atoms with van der Waals surface area (Å²) in [5.41, 5.74) is -0.00558. The summed E-state index contributed by atoms with van der Waals surface area (Å²) in [6.07, 6.45) is 0.877. The number of benzene rings is 1. The average Bonchev–Trinajstić information content (AvgIpc) is 2.35. The Morgan fingerprint density at radius 2 is 2.00 bits per heavy atom. The summed E-state index contributed by atoms with van der Waals surface area (Å²) in [5, 5.41) is 0.916. The fourth-order valence-corrected chi connectivity index (χ4v) is 2.13. The van der Waals surface area contributed by atoms with Gasteiger partial charge in [0.2, 0.25) is 0 Å². The molecular weight excluding hydrogens is 271 g/mol. The molecule has 0 fully saturated rings. The van der Waals surface area contributed by atoms with Crippen molar-refractivity contribution in [2.45, 2.75) is 39.2 Å². The van der Waals surface area contributed by atoms with Gasteiger partial charge in [0.15, 0.2) is 5.78 Å². The highest BCUT2D eigenvalue weighted by Gasteiger charge is 2.31. The number of ether oxygens (including phenoxy) is 1. The van der Waals surface area contributed by atoms with Crippen LogP contribution in [0.1, 0.15) is 32.8 Å². The Morgan fingerprint density at radius 3 is 2.56 bits per heavy atom. The number of carbonyl (C=O) groups excluding carboxylic acids is 1. The molecule has 100 valence electrons. The molecule has 0 saturated carbocycles. The lowest BCUT2D eigenvalue weighted by molar-refractivity contribution is -0.141. The van der Waals surface area contributed by atoms with E-state index in [4.69, 9.17) is 27.9 Å². The predicted octanol–water partition coefficient (Wildman–Crippen LogP) is 4.31. The molecular formula is C14H18Cl2O2. The Hall–Kier alpha value is -0.570. The lowest BCUT2D eigenvalue weighted by Crippen LogP contribution is -2.39. The number of Topliss-reactive ketones (excluding diaryl/α,β-unsaturated/α-hetero) is 1. The van der Waals surface area contributed by atoms with Crippen LogP contribution < -0.4 is 0 Å². The van der Waals surface area contributed by atoms with E-state index in [2.05, 4.69) is 0 Å². The molecule has 1 atom stereocenters. The van der Waals surface area contributed by atoms with Gasteiger partial charge in [-0.3, -0.25) is 4.79 Å². The zero-order chi connectivity index (χ0) is 13.8. The van der Waals surface area contributed by atoms with Crippen molar-refractivity contribution in [1.29, 1.82) is 0 Å². The molecule has 0 aliphatic heterocycles. The lowest BCUT2D eigenvalue weighted by Gasteiger charge is -2.26. The van der Waals surface area contributed by atoms with Gasteiger partial charge >= 0.3 is 0 Å². The summed E-state index contributed by atoms with van der Waals surface area (Å²) in [7, 11) is 0. The molecule has 1 rings (SSSR count). The first kappa shape index (κ1) is 15.5. The molecule has 0 N–H and O–H groups in total. The van der Waals surface area contributed by atoms with Crippen molar-refractivity contribution in [3.63, 3.8) is 0 Å². The van der Waals surface area contributed by atoms with Crippen molar-refractivity contribution >= 4 is 29.0 Å². The summed E-state index contributed by atoms with van der Waals surface area (Å²) in [6.45, 7) is 6.15. The SMILES string of the molecule is CCOC(C)(CC)C(=O)Cc1cccc(Cl)c1Cl. The maximum Gasteiger partial charge on any atom is 0.168 e. The van der Waals surface area contributed by atoms with Crippen LogP contribution in [0.2, 0.25) is 10.0 Å². The number of carbonyl (C=O) groups is 1. The third-order valence-corrected chi connectivity index (χ3v) is 3.97. The van der Waals surface area contributed by atoms with Gasteiger partial charge in [-0.05, 0) is 31.9 Å². The van der Waals surface area contributed by atoms with Crippen LogP contribution in [-0.4, -0.2) is 18.0 Å². The van der Waals surface area contributed by atoms with E-state index in [1.807, 2.05) is 26.8 Å². The molecule has 0 bridgehead atoms. The summed E-state index contributed by atoms with van der Waals surface area (Å²) in [6, 6.07) is 5.31. The average molecular weight is 289 g/mol. The Balaban J connectivity index is 2.90. The van der Waals surface area contributed by atoms with Gasteiger partial charge in [-0.15, -0.1) is 0 Å². The first-order chi connectivity index (χ1) is 8.44. The molecule has 0 radical (unpaired) electrons. The molecule has 0 heterocycles. The van der Waals surface area contributed by atoms with Crippen LogP contribution in [0.25, 0.3) is 0 Å². The molecule has 0 amide bonds. The summed E-state index contributed by atoms with van der Waals surface area (Å²) in [4.78, 5) is 12.3. The molecule has 0 aliphatic carbocycles. The number of rotatable bonds is 6. The van der Waals surface area contributed by atoms with Crippen LogP contribution in [-0.2, 0) is 16.0 Å². The summed E-state index contributed by atoms with van der Waals surface area (Å²) >= 11 is 12.0. The van der Waals surface area contributed by atoms with Crippen LogP contribution in [0.15, 0.2) is 18.2 Å². The first-order valence-corrected chi connectivity index (χ1v) is 6.80. The number of halogens is 2. The van der Waals surface area contributed by atoms with Crippen molar-refractivity contribution in [3.8, 4) is 0 Å². The third-order valence-electron chi connectivity index (χ3n) is 3.11. The molecule has 18 heavy (non-hydrogen) atoms. The van der Waals surface area contributed by atoms with E-state index in [-0.39, 0.29) is 12.2 Å². The van der Waals surface area contributed by atoms with Crippen molar-refractivity contribution in [1.82, 2.24) is 0 Å². The molecule has 0 spiro atoms. The van der Waals surface area contributed by atoms with Crippen molar-refractivity contribution in [2.75, 3.05) is 6.61 Å². The highest BCUT2D eigenvalue weighted by molar-refractivity contribution is 6.42. The minimum atomic E-state index is -0.750. The molecule has 0 aromatic heterocycles. The minimum absolute atomic E-state index is 0.0241. The zero-order valence-electron chi connectivity index (χ0n) is 10.9. The van der Waals surface area contributed by atoms with Gasteiger partial charge in [-0.1, -0.05) is 42.3 Å². The van der Waals surface area contributed by atoms with Gasteiger partial charge in [0, 0.05) is 13.0 Å². The molecule has 1 aromatic carbocycles. The maximum absolute atomic E-state index is 12.3. The number of ketones is 1. The second kappa shape index (κ2) is 6.55. The fraction of sp³-hybridized carbons (Fsp3) is 0.500. The monoisotopic (exact) mass is 288 g/mol. The van der Waals surface area contributed by atoms with Gasteiger partial charge in [0.1, 0.15) is 5.60 Å².